The van der Waals surface area contributed by atoms with Crippen LogP contribution in [0.1, 0.15) is 71.8 Å². The van der Waals surface area contributed by atoms with Crippen LogP contribution in [-0.4, -0.2) is 43.8 Å². The molecule has 10 nitrogen and oxygen atoms in total. The number of hydrogen-bond donors (Lipinski definition) is 3. The van der Waals surface area contributed by atoms with E-state index in [4.69, 9.17) is 20.3 Å². The number of fused-ring (bicyclic) bond motifs is 2. The van der Waals surface area contributed by atoms with Crippen molar-refractivity contribution < 1.29 is 14.3 Å². The first-order chi connectivity index (χ1) is 18.1. The predicted octanol–water partition coefficient (Wildman–Crippen LogP) is 4.55. The summed E-state index contributed by atoms with van der Waals surface area (Å²) in [5, 5.41) is 15.0. The van der Waals surface area contributed by atoms with Crippen LogP contribution in [0.4, 0.5) is 10.6 Å². The Balaban J connectivity index is 1.21. The van der Waals surface area contributed by atoms with Crippen LogP contribution in [0.2, 0.25) is 0 Å². The summed E-state index contributed by atoms with van der Waals surface area (Å²) in [6.45, 7) is 5.54. The molecule has 3 aliphatic rings. The fraction of sp³-hybridized carbons (Fsp3) is 0.571. The number of alkyl carbamates (subject to hydrolysis) is 1. The van der Waals surface area contributed by atoms with Crippen LogP contribution in [0, 0.1) is 11.8 Å². The average Bonchev–Trinajstić information content (AvgIpc) is 3.28. The third-order valence-electron chi connectivity index (χ3n) is 8.05. The molecule has 3 aromatic rings. The number of nitrogens with zero attached hydrogens (tertiary/aromatic N) is 3. The Hall–Kier alpha value is -3.56. The van der Waals surface area contributed by atoms with Crippen LogP contribution in [0.3, 0.4) is 0 Å². The largest absolute Gasteiger partial charge is 0.490 e. The van der Waals surface area contributed by atoms with E-state index in [1.165, 1.54) is 6.42 Å². The van der Waals surface area contributed by atoms with E-state index >= 15 is 0 Å². The summed E-state index contributed by atoms with van der Waals surface area (Å²) >= 11 is 0. The number of hydrogen-bond acceptors (Lipinski definition) is 7. The monoisotopic (exact) mass is 520 g/mol. The summed E-state index contributed by atoms with van der Waals surface area (Å²) in [6.07, 6.45) is 6.61. The molecule has 3 saturated carbocycles. The molecule has 0 radical (unpaired) electrons. The number of carbonyl (C=O) groups is 1. The van der Waals surface area contributed by atoms with Gasteiger partial charge in [-0.1, -0.05) is 0 Å². The Morgan fingerprint density at radius 2 is 1.76 bits per heavy atom. The van der Waals surface area contributed by atoms with Gasteiger partial charge in [0.05, 0.1) is 17.5 Å². The molecule has 0 spiro atoms. The summed E-state index contributed by atoms with van der Waals surface area (Å²) in [6, 6.07) is 7.90. The minimum Gasteiger partial charge on any atom is -0.490 e. The fourth-order valence-electron chi connectivity index (χ4n) is 6.16. The van der Waals surface area contributed by atoms with Crippen LogP contribution < -0.4 is 21.3 Å². The predicted molar refractivity (Wildman–Crippen MR) is 144 cm³/mol. The first kappa shape index (κ1) is 24.8. The average molecular weight is 521 g/mol. The molecule has 10 heteroatoms. The van der Waals surface area contributed by atoms with Gasteiger partial charge in [0.2, 0.25) is 0 Å². The number of aromatic nitrogens is 4. The van der Waals surface area contributed by atoms with Crippen molar-refractivity contribution in [2.75, 3.05) is 5.73 Å². The second-order valence-corrected chi connectivity index (χ2v) is 12.1. The molecule has 0 saturated heterocycles. The molecular formula is C28H36N6O4. The lowest BCUT2D eigenvalue weighted by atomic mass is 9.91. The zero-order valence-electron chi connectivity index (χ0n) is 22.2. The number of anilines is 1. The third kappa shape index (κ3) is 4.96. The summed E-state index contributed by atoms with van der Waals surface area (Å²) in [5.74, 6) is 2.83. The molecule has 202 valence electrons. The molecule has 0 bridgehead atoms. The van der Waals surface area contributed by atoms with Crippen molar-refractivity contribution in [3.8, 4) is 17.0 Å². The van der Waals surface area contributed by atoms with Gasteiger partial charge in [-0.2, -0.15) is 10.2 Å². The van der Waals surface area contributed by atoms with Crippen LogP contribution in [0.25, 0.3) is 22.2 Å². The van der Waals surface area contributed by atoms with E-state index in [0.29, 0.717) is 22.7 Å². The number of nitrogen functional groups attached to an aromatic ring is 1. The van der Waals surface area contributed by atoms with Crippen LogP contribution in [0.5, 0.6) is 5.75 Å². The quantitative estimate of drug-likeness (QED) is 0.449. The Bertz CT molecular complexity index is 1390. The number of rotatable bonds is 5. The van der Waals surface area contributed by atoms with E-state index in [1.807, 2.05) is 45.0 Å². The standard InChI is InChI=1S/C28H36N6O4/c1-28(2,3)38-27(36)30-18-6-8-19(9-7-18)34-24-22(25(29)31-32-26(24)35)23(33-34)15-4-10-20(11-5-15)37-21-13-16-12-17(16)14-21/h4-5,10-11,16-19,21H,6-9,12-14H2,1-3H3,(H2,29,31)(H,30,36)(H,32,35). The van der Waals surface area contributed by atoms with Gasteiger partial charge in [-0.25, -0.2) is 9.89 Å². The van der Waals surface area contributed by atoms with Gasteiger partial charge in [0.25, 0.3) is 5.56 Å². The number of H-pyrrole nitrogens is 1. The highest BCUT2D eigenvalue weighted by Crippen LogP contribution is 2.52. The van der Waals surface area contributed by atoms with Crippen molar-refractivity contribution in [3.63, 3.8) is 0 Å². The van der Waals surface area contributed by atoms with Gasteiger partial charge in [0, 0.05) is 11.6 Å². The highest BCUT2D eigenvalue weighted by Gasteiger charge is 2.46. The minimum absolute atomic E-state index is 0.00208. The molecule has 4 N–H and O–H groups in total. The molecule has 1 aromatic carbocycles. The number of carbonyl (C=O) groups excluding carboxylic acids is 1. The fourth-order valence-corrected chi connectivity index (χ4v) is 6.16. The van der Waals surface area contributed by atoms with Gasteiger partial charge >= 0.3 is 6.09 Å². The van der Waals surface area contributed by atoms with E-state index in [0.717, 1.165) is 61.7 Å². The van der Waals surface area contributed by atoms with E-state index < -0.39 is 11.7 Å². The van der Waals surface area contributed by atoms with Crippen molar-refractivity contribution in [3.05, 3.63) is 34.6 Å². The van der Waals surface area contributed by atoms with Gasteiger partial charge in [0.15, 0.2) is 5.82 Å². The molecule has 6 rings (SSSR count). The van der Waals surface area contributed by atoms with Gasteiger partial charge in [0.1, 0.15) is 22.6 Å². The number of nitrogens with two attached hydrogens (primary N) is 1. The van der Waals surface area contributed by atoms with E-state index in [2.05, 4.69) is 15.5 Å². The number of aromatic amines is 1. The molecule has 2 heterocycles. The summed E-state index contributed by atoms with van der Waals surface area (Å²) in [5.41, 5.74) is 7.34. The highest BCUT2D eigenvalue weighted by atomic mass is 16.6. The Morgan fingerprint density at radius 3 is 2.42 bits per heavy atom. The van der Waals surface area contributed by atoms with Gasteiger partial charge < -0.3 is 20.5 Å². The smallest absolute Gasteiger partial charge is 0.407 e. The molecule has 0 aliphatic heterocycles. The van der Waals surface area contributed by atoms with Crippen LogP contribution in [-0.2, 0) is 4.74 Å². The van der Waals surface area contributed by atoms with Crippen molar-refractivity contribution in [2.24, 2.45) is 11.8 Å². The van der Waals surface area contributed by atoms with Crippen molar-refractivity contribution in [1.82, 2.24) is 25.3 Å². The third-order valence-corrected chi connectivity index (χ3v) is 8.05. The lowest BCUT2D eigenvalue weighted by Gasteiger charge is -2.30. The topological polar surface area (TPSA) is 137 Å². The van der Waals surface area contributed by atoms with Crippen LogP contribution >= 0.6 is 0 Å². The lowest BCUT2D eigenvalue weighted by Crippen LogP contribution is -2.41. The molecule has 2 aromatic heterocycles. The van der Waals surface area contributed by atoms with Crippen molar-refractivity contribution >= 4 is 22.8 Å². The van der Waals surface area contributed by atoms with Gasteiger partial charge in [-0.05, 0) is 102 Å². The second-order valence-electron chi connectivity index (χ2n) is 12.1. The van der Waals surface area contributed by atoms with E-state index in [-0.39, 0.29) is 23.5 Å². The van der Waals surface area contributed by atoms with Gasteiger partial charge in [-0.3, -0.25) is 9.48 Å². The van der Waals surface area contributed by atoms with Crippen molar-refractivity contribution in [2.45, 2.75) is 89.5 Å². The first-order valence-electron chi connectivity index (χ1n) is 13.7. The summed E-state index contributed by atoms with van der Waals surface area (Å²) in [7, 11) is 0. The Morgan fingerprint density at radius 1 is 1.08 bits per heavy atom. The Kier molecular flexibility index (Phi) is 6.07. The lowest BCUT2D eigenvalue weighted by molar-refractivity contribution is 0.0487. The SMILES string of the molecule is CC(C)(C)OC(=O)NC1CCC(n2nc(-c3ccc(OC4CC5CC5C4)cc3)c3c(N)n[nH]c(=O)c32)CC1. The van der Waals surface area contributed by atoms with E-state index in [1.54, 1.807) is 4.68 Å². The molecule has 3 fully saturated rings. The maximum atomic E-state index is 12.9. The first-order valence-corrected chi connectivity index (χ1v) is 13.7. The van der Waals surface area contributed by atoms with Crippen molar-refractivity contribution in [1.29, 1.82) is 0 Å². The second kappa shape index (κ2) is 9.32. The normalized spacial score (nSPS) is 26.7. The number of nitrogens with one attached hydrogen (secondary N) is 2. The molecule has 1 amide bonds. The summed E-state index contributed by atoms with van der Waals surface area (Å²) < 4.78 is 13.4. The van der Waals surface area contributed by atoms with Crippen LogP contribution in [0.15, 0.2) is 29.1 Å². The zero-order chi connectivity index (χ0) is 26.6. The van der Waals surface area contributed by atoms with E-state index in [9.17, 15) is 9.59 Å². The molecular weight excluding hydrogens is 484 g/mol. The number of amides is 1. The highest BCUT2D eigenvalue weighted by molar-refractivity contribution is 5.99. The zero-order valence-corrected chi connectivity index (χ0v) is 22.2. The maximum Gasteiger partial charge on any atom is 0.407 e. The molecule has 3 aliphatic carbocycles. The number of ether oxygens (including phenoxy) is 2. The Labute approximate surface area is 221 Å². The van der Waals surface area contributed by atoms with Gasteiger partial charge in [-0.15, -0.1) is 0 Å². The number of benzene rings is 1. The summed E-state index contributed by atoms with van der Waals surface area (Å²) in [4.78, 5) is 25.1. The molecule has 38 heavy (non-hydrogen) atoms. The maximum absolute atomic E-state index is 12.9. The molecule has 2 unspecified atom stereocenters. The molecule has 2 atom stereocenters. The minimum atomic E-state index is -0.540.